The van der Waals surface area contributed by atoms with Gasteiger partial charge in [-0.15, -0.1) is 0 Å². The predicted octanol–water partition coefficient (Wildman–Crippen LogP) is 4.53. The largest absolute Gasteiger partial charge is 0.338 e. The zero-order chi connectivity index (χ0) is 19.3. The molecular formula is C24H24N2O2. The van der Waals surface area contributed by atoms with E-state index in [4.69, 9.17) is 0 Å². The van der Waals surface area contributed by atoms with Crippen molar-refractivity contribution in [3.63, 3.8) is 0 Å². The van der Waals surface area contributed by atoms with Gasteiger partial charge in [0, 0.05) is 25.2 Å². The van der Waals surface area contributed by atoms with Crippen molar-refractivity contribution in [1.29, 1.82) is 0 Å². The highest BCUT2D eigenvalue weighted by atomic mass is 16.2. The normalized spacial score (nSPS) is 14.3. The second kappa shape index (κ2) is 8.26. The van der Waals surface area contributed by atoms with Crippen molar-refractivity contribution in [2.75, 3.05) is 11.9 Å². The van der Waals surface area contributed by atoms with E-state index in [0.29, 0.717) is 19.4 Å². The van der Waals surface area contributed by atoms with Gasteiger partial charge in [-0.2, -0.15) is 0 Å². The highest BCUT2D eigenvalue weighted by Crippen LogP contribution is 2.20. The molecule has 142 valence electrons. The fraction of sp³-hybridized carbons (Fsp3) is 0.250. The summed E-state index contributed by atoms with van der Waals surface area (Å²) in [7, 11) is 0. The third kappa shape index (κ3) is 4.22. The summed E-state index contributed by atoms with van der Waals surface area (Å²) in [6.07, 6.45) is 3.02. The summed E-state index contributed by atoms with van der Waals surface area (Å²) in [5, 5.41) is 5.25. The first kappa shape index (κ1) is 18.2. The van der Waals surface area contributed by atoms with Crippen LogP contribution >= 0.6 is 0 Å². The number of hydrogen-bond donors (Lipinski definition) is 1. The molecule has 28 heavy (non-hydrogen) atoms. The molecule has 4 nitrogen and oxygen atoms in total. The molecule has 0 radical (unpaired) electrons. The first-order valence-corrected chi connectivity index (χ1v) is 9.82. The molecule has 1 fully saturated rings. The summed E-state index contributed by atoms with van der Waals surface area (Å²) >= 11 is 0. The molecule has 4 heteroatoms. The van der Waals surface area contributed by atoms with Gasteiger partial charge in [0.15, 0.2) is 0 Å². The molecule has 4 rings (SSSR count). The maximum atomic E-state index is 12.6. The van der Waals surface area contributed by atoms with Crippen LogP contribution in [0.5, 0.6) is 0 Å². The van der Waals surface area contributed by atoms with Crippen LogP contribution in [0.4, 0.5) is 5.69 Å². The lowest BCUT2D eigenvalue weighted by Gasteiger charge is -2.26. The number of piperidine rings is 1. The van der Waals surface area contributed by atoms with Crippen molar-refractivity contribution in [1.82, 2.24) is 4.90 Å². The zero-order valence-electron chi connectivity index (χ0n) is 15.9. The van der Waals surface area contributed by atoms with Crippen LogP contribution in [-0.4, -0.2) is 23.3 Å². The number of benzene rings is 3. The number of carbonyl (C=O) groups is 2. The molecule has 0 atom stereocenters. The number of anilines is 1. The van der Waals surface area contributed by atoms with E-state index >= 15 is 0 Å². The van der Waals surface area contributed by atoms with E-state index < -0.39 is 0 Å². The average molecular weight is 372 g/mol. The molecule has 0 aromatic heterocycles. The molecule has 1 aliphatic rings. The highest BCUT2D eigenvalue weighted by Gasteiger charge is 2.18. The fourth-order valence-electron chi connectivity index (χ4n) is 3.82. The Kier molecular flexibility index (Phi) is 5.38. The Morgan fingerprint density at radius 3 is 2.68 bits per heavy atom. The van der Waals surface area contributed by atoms with Crippen molar-refractivity contribution in [2.24, 2.45) is 0 Å². The smallest absolute Gasteiger partial charge is 0.228 e. The van der Waals surface area contributed by atoms with Gasteiger partial charge in [0.05, 0.1) is 6.42 Å². The number of hydrogen-bond acceptors (Lipinski definition) is 2. The summed E-state index contributed by atoms with van der Waals surface area (Å²) in [5.74, 6) is 0.180. The van der Waals surface area contributed by atoms with E-state index in [-0.39, 0.29) is 11.8 Å². The SMILES string of the molecule is O=C(Cc1cccc2ccccc12)Nc1cccc(CN2CCCCC2=O)c1. The quantitative estimate of drug-likeness (QED) is 0.715. The minimum Gasteiger partial charge on any atom is -0.338 e. The van der Waals surface area contributed by atoms with Crippen molar-refractivity contribution in [3.8, 4) is 0 Å². The minimum atomic E-state index is -0.0393. The van der Waals surface area contributed by atoms with Crippen LogP contribution in [-0.2, 0) is 22.6 Å². The van der Waals surface area contributed by atoms with Gasteiger partial charge in [-0.1, -0.05) is 54.6 Å². The minimum absolute atomic E-state index is 0.0393. The van der Waals surface area contributed by atoms with Crippen molar-refractivity contribution in [2.45, 2.75) is 32.2 Å². The molecule has 1 saturated heterocycles. The van der Waals surface area contributed by atoms with E-state index in [1.165, 1.54) is 0 Å². The Labute approximate surface area is 165 Å². The molecule has 3 aromatic carbocycles. The molecule has 1 heterocycles. The van der Waals surface area contributed by atoms with Gasteiger partial charge in [0.1, 0.15) is 0 Å². The Morgan fingerprint density at radius 2 is 1.79 bits per heavy atom. The Balaban J connectivity index is 1.44. The lowest BCUT2D eigenvalue weighted by molar-refractivity contribution is -0.133. The number of likely N-dealkylation sites (tertiary alicyclic amines) is 1. The van der Waals surface area contributed by atoms with E-state index in [2.05, 4.69) is 17.4 Å². The van der Waals surface area contributed by atoms with Crippen LogP contribution in [0.2, 0.25) is 0 Å². The fourth-order valence-corrected chi connectivity index (χ4v) is 3.82. The highest BCUT2D eigenvalue weighted by molar-refractivity contribution is 5.96. The Bertz CT molecular complexity index is 1010. The number of amides is 2. The number of rotatable bonds is 5. The molecule has 0 bridgehead atoms. The van der Waals surface area contributed by atoms with Crippen molar-refractivity contribution in [3.05, 3.63) is 77.9 Å². The van der Waals surface area contributed by atoms with Crippen molar-refractivity contribution < 1.29 is 9.59 Å². The van der Waals surface area contributed by atoms with Crippen LogP contribution < -0.4 is 5.32 Å². The van der Waals surface area contributed by atoms with E-state index in [1.807, 2.05) is 59.5 Å². The molecular weight excluding hydrogens is 348 g/mol. The molecule has 0 unspecified atom stereocenters. The molecule has 1 aliphatic heterocycles. The van der Waals surface area contributed by atoms with Gasteiger partial charge >= 0.3 is 0 Å². The van der Waals surface area contributed by atoms with Gasteiger partial charge in [-0.25, -0.2) is 0 Å². The van der Waals surface area contributed by atoms with Gasteiger partial charge in [-0.3, -0.25) is 9.59 Å². The third-order valence-corrected chi connectivity index (χ3v) is 5.24. The first-order chi connectivity index (χ1) is 13.7. The summed E-state index contributed by atoms with van der Waals surface area (Å²) < 4.78 is 0. The second-order valence-corrected chi connectivity index (χ2v) is 7.34. The predicted molar refractivity (Wildman–Crippen MR) is 112 cm³/mol. The molecule has 1 N–H and O–H groups in total. The van der Waals surface area contributed by atoms with E-state index in [9.17, 15) is 9.59 Å². The Morgan fingerprint density at radius 1 is 0.964 bits per heavy atom. The zero-order valence-corrected chi connectivity index (χ0v) is 15.9. The van der Waals surface area contributed by atoms with Crippen LogP contribution in [0.15, 0.2) is 66.7 Å². The monoisotopic (exact) mass is 372 g/mol. The van der Waals surface area contributed by atoms with E-state index in [0.717, 1.165) is 47.0 Å². The maximum absolute atomic E-state index is 12.6. The number of fused-ring (bicyclic) bond motifs is 1. The van der Waals surface area contributed by atoms with E-state index in [1.54, 1.807) is 0 Å². The lowest BCUT2D eigenvalue weighted by Crippen LogP contribution is -2.34. The van der Waals surface area contributed by atoms with Gasteiger partial charge in [-0.05, 0) is 46.9 Å². The van der Waals surface area contributed by atoms with Crippen LogP contribution in [0.1, 0.15) is 30.4 Å². The number of carbonyl (C=O) groups excluding carboxylic acids is 2. The molecule has 0 spiro atoms. The summed E-state index contributed by atoms with van der Waals surface area (Å²) in [5.41, 5.74) is 2.83. The van der Waals surface area contributed by atoms with Gasteiger partial charge in [0.25, 0.3) is 0 Å². The second-order valence-electron chi connectivity index (χ2n) is 7.34. The first-order valence-electron chi connectivity index (χ1n) is 9.82. The number of nitrogens with one attached hydrogen (secondary N) is 1. The van der Waals surface area contributed by atoms with Crippen molar-refractivity contribution >= 4 is 28.3 Å². The molecule has 0 saturated carbocycles. The lowest BCUT2D eigenvalue weighted by atomic mass is 10.0. The number of nitrogens with zero attached hydrogens (tertiary/aromatic N) is 1. The molecule has 3 aromatic rings. The third-order valence-electron chi connectivity index (χ3n) is 5.24. The van der Waals surface area contributed by atoms with Gasteiger partial charge < -0.3 is 10.2 Å². The van der Waals surface area contributed by atoms with Crippen LogP contribution in [0.25, 0.3) is 10.8 Å². The van der Waals surface area contributed by atoms with Crippen LogP contribution in [0, 0.1) is 0 Å². The standard InChI is InChI=1S/C24H24N2O2/c27-23(16-20-10-6-9-19-8-1-2-12-22(19)20)25-21-11-5-7-18(15-21)17-26-14-4-3-13-24(26)28/h1-2,5-12,15H,3-4,13-14,16-17H2,(H,25,27). The Hall–Kier alpha value is -3.14. The topological polar surface area (TPSA) is 49.4 Å². The summed E-state index contributed by atoms with van der Waals surface area (Å²) in [4.78, 5) is 26.5. The average Bonchev–Trinajstić information content (AvgIpc) is 2.70. The maximum Gasteiger partial charge on any atom is 0.228 e. The summed E-state index contributed by atoms with van der Waals surface area (Å²) in [6.45, 7) is 1.42. The molecule has 2 amide bonds. The van der Waals surface area contributed by atoms with Crippen LogP contribution in [0.3, 0.4) is 0 Å². The summed E-state index contributed by atoms with van der Waals surface area (Å²) in [6, 6.07) is 21.9. The van der Waals surface area contributed by atoms with Gasteiger partial charge in [0.2, 0.25) is 11.8 Å². The molecule has 0 aliphatic carbocycles.